The molecule has 0 spiro atoms. The van der Waals surface area contributed by atoms with Crippen molar-refractivity contribution in [3.8, 4) is 5.75 Å². The number of nitrogens with one attached hydrogen (secondary N) is 1. The average Bonchev–Trinajstić information content (AvgIpc) is 2.43. The Kier molecular flexibility index (Phi) is 2.88. The fourth-order valence-corrected chi connectivity index (χ4v) is 0.797. The zero-order valence-corrected chi connectivity index (χ0v) is 6.51. The second-order valence-electron chi connectivity index (χ2n) is 2.20. The molecule has 3 nitrogen and oxygen atoms in total. The molecule has 0 aromatic carbocycles. The van der Waals surface area contributed by atoms with Crippen molar-refractivity contribution in [3.63, 3.8) is 0 Å². The van der Waals surface area contributed by atoms with E-state index in [1.54, 1.807) is 0 Å². The minimum absolute atomic E-state index is 0.110. The van der Waals surface area contributed by atoms with Crippen molar-refractivity contribution >= 4 is 0 Å². The van der Waals surface area contributed by atoms with Crippen molar-refractivity contribution in [1.29, 1.82) is 0 Å². The second kappa shape index (κ2) is 3.92. The van der Waals surface area contributed by atoms with Crippen LogP contribution in [0.4, 0.5) is 4.39 Å². The number of aliphatic hydroxyl groups is 1. The van der Waals surface area contributed by atoms with Gasteiger partial charge in [-0.3, -0.25) is 0 Å². The standard InChI is InChI=1S/C8H10FNO2/c1-2-3-12-7-4-10-6(5-11)8(7)9/h2,4,10-11H,1,3,5H2. The fraction of sp³-hybridized carbons (Fsp3) is 0.250. The molecule has 0 unspecified atom stereocenters. The number of rotatable bonds is 4. The molecule has 0 amide bonds. The summed E-state index contributed by atoms with van der Waals surface area (Å²) in [6, 6.07) is 0. The zero-order valence-electron chi connectivity index (χ0n) is 6.51. The predicted molar refractivity (Wildman–Crippen MR) is 42.4 cm³/mol. The molecule has 1 heterocycles. The Morgan fingerprint density at radius 2 is 2.50 bits per heavy atom. The van der Waals surface area contributed by atoms with E-state index in [0.29, 0.717) is 0 Å². The van der Waals surface area contributed by atoms with E-state index in [1.807, 2.05) is 0 Å². The lowest BCUT2D eigenvalue weighted by atomic mass is 10.4. The lowest BCUT2D eigenvalue weighted by Gasteiger charge is -1.98. The molecule has 0 fully saturated rings. The molecule has 0 aliphatic carbocycles. The van der Waals surface area contributed by atoms with Crippen LogP contribution < -0.4 is 4.74 Å². The maximum atomic E-state index is 13.0. The topological polar surface area (TPSA) is 45.2 Å². The van der Waals surface area contributed by atoms with E-state index < -0.39 is 5.82 Å². The number of H-pyrrole nitrogens is 1. The molecular weight excluding hydrogens is 161 g/mol. The van der Waals surface area contributed by atoms with E-state index in [-0.39, 0.29) is 24.7 Å². The van der Waals surface area contributed by atoms with Crippen molar-refractivity contribution in [3.05, 3.63) is 30.4 Å². The molecule has 66 valence electrons. The van der Waals surface area contributed by atoms with Gasteiger partial charge in [0, 0.05) is 6.20 Å². The Morgan fingerprint density at radius 1 is 1.75 bits per heavy atom. The molecule has 12 heavy (non-hydrogen) atoms. The van der Waals surface area contributed by atoms with Gasteiger partial charge in [0.05, 0.1) is 12.3 Å². The minimum Gasteiger partial charge on any atom is -0.485 e. The molecule has 0 saturated heterocycles. The summed E-state index contributed by atoms with van der Waals surface area (Å²) in [7, 11) is 0. The van der Waals surface area contributed by atoms with E-state index in [9.17, 15) is 4.39 Å². The van der Waals surface area contributed by atoms with Crippen LogP contribution in [0.5, 0.6) is 5.75 Å². The molecular formula is C8H10FNO2. The molecule has 0 bridgehead atoms. The van der Waals surface area contributed by atoms with Crippen LogP contribution in [-0.4, -0.2) is 16.7 Å². The van der Waals surface area contributed by atoms with E-state index in [0.717, 1.165) is 0 Å². The first-order chi connectivity index (χ1) is 5.79. The number of ether oxygens (including phenoxy) is 1. The highest BCUT2D eigenvalue weighted by Crippen LogP contribution is 2.19. The molecule has 2 N–H and O–H groups in total. The largest absolute Gasteiger partial charge is 0.485 e. The van der Waals surface area contributed by atoms with E-state index in [1.165, 1.54) is 12.3 Å². The number of aromatic nitrogens is 1. The smallest absolute Gasteiger partial charge is 0.188 e. The van der Waals surface area contributed by atoms with Crippen molar-refractivity contribution in [2.75, 3.05) is 6.61 Å². The molecule has 4 heteroatoms. The first kappa shape index (κ1) is 8.80. The van der Waals surface area contributed by atoms with Gasteiger partial charge in [-0.1, -0.05) is 12.7 Å². The van der Waals surface area contributed by atoms with Crippen LogP contribution >= 0.6 is 0 Å². The first-order valence-corrected chi connectivity index (χ1v) is 3.50. The number of hydrogen-bond acceptors (Lipinski definition) is 2. The van der Waals surface area contributed by atoms with Crippen LogP contribution in [0.1, 0.15) is 5.69 Å². The van der Waals surface area contributed by atoms with Gasteiger partial charge in [-0.2, -0.15) is 0 Å². The van der Waals surface area contributed by atoms with E-state index >= 15 is 0 Å². The predicted octanol–water partition coefficient (Wildman–Crippen LogP) is 1.21. The Bertz CT molecular complexity index is 270. The van der Waals surface area contributed by atoms with Gasteiger partial charge in [0.1, 0.15) is 6.61 Å². The first-order valence-electron chi connectivity index (χ1n) is 3.50. The summed E-state index contributed by atoms with van der Waals surface area (Å²) < 4.78 is 17.9. The summed E-state index contributed by atoms with van der Waals surface area (Å²) >= 11 is 0. The van der Waals surface area contributed by atoms with Crippen LogP contribution in [0, 0.1) is 5.82 Å². The SMILES string of the molecule is C=CCOc1c[nH]c(CO)c1F. The summed E-state index contributed by atoms with van der Waals surface area (Å²) in [6.07, 6.45) is 2.88. The Hall–Kier alpha value is -1.29. The number of halogens is 1. The maximum absolute atomic E-state index is 13.0. The van der Waals surface area contributed by atoms with Crippen LogP contribution in [-0.2, 0) is 6.61 Å². The minimum atomic E-state index is -0.542. The van der Waals surface area contributed by atoms with Crippen molar-refractivity contribution < 1.29 is 14.2 Å². The van der Waals surface area contributed by atoms with Gasteiger partial charge in [-0.05, 0) is 0 Å². The Balaban J connectivity index is 2.72. The molecule has 0 aliphatic heterocycles. The number of hydrogen-bond donors (Lipinski definition) is 2. The van der Waals surface area contributed by atoms with Crippen LogP contribution in [0.3, 0.4) is 0 Å². The fourth-order valence-electron chi connectivity index (χ4n) is 0.797. The highest BCUT2D eigenvalue weighted by molar-refractivity contribution is 5.25. The lowest BCUT2D eigenvalue weighted by Crippen LogP contribution is -1.94. The summed E-state index contributed by atoms with van der Waals surface area (Å²) in [5.74, 6) is -0.432. The highest BCUT2D eigenvalue weighted by atomic mass is 19.1. The highest BCUT2D eigenvalue weighted by Gasteiger charge is 2.09. The molecule has 1 rings (SSSR count). The Labute approximate surface area is 69.5 Å². The average molecular weight is 171 g/mol. The second-order valence-corrected chi connectivity index (χ2v) is 2.20. The van der Waals surface area contributed by atoms with Crippen molar-refractivity contribution in [1.82, 2.24) is 4.98 Å². The molecule has 0 aliphatic rings. The third kappa shape index (κ3) is 1.65. The maximum Gasteiger partial charge on any atom is 0.188 e. The third-order valence-electron chi connectivity index (χ3n) is 1.37. The third-order valence-corrected chi connectivity index (χ3v) is 1.37. The van der Waals surface area contributed by atoms with Crippen molar-refractivity contribution in [2.45, 2.75) is 6.61 Å². The van der Waals surface area contributed by atoms with Gasteiger partial charge in [-0.25, -0.2) is 4.39 Å². The van der Waals surface area contributed by atoms with Gasteiger partial charge in [0.2, 0.25) is 0 Å². The zero-order chi connectivity index (χ0) is 8.97. The normalized spacial score (nSPS) is 9.83. The molecule has 0 saturated carbocycles. The Morgan fingerprint density at radius 3 is 3.00 bits per heavy atom. The van der Waals surface area contributed by atoms with E-state index in [2.05, 4.69) is 11.6 Å². The molecule has 0 atom stereocenters. The van der Waals surface area contributed by atoms with Crippen molar-refractivity contribution in [2.24, 2.45) is 0 Å². The molecule has 0 radical (unpaired) electrons. The van der Waals surface area contributed by atoms with Crippen LogP contribution in [0.2, 0.25) is 0 Å². The summed E-state index contributed by atoms with van der Waals surface area (Å²) in [5.41, 5.74) is 0.133. The number of aliphatic hydroxyl groups excluding tert-OH is 1. The van der Waals surface area contributed by atoms with E-state index in [4.69, 9.17) is 9.84 Å². The van der Waals surface area contributed by atoms with Gasteiger partial charge in [-0.15, -0.1) is 0 Å². The molecule has 1 aromatic heterocycles. The molecule has 1 aromatic rings. The monoisotopic (exact) mass is 171 g/mol. The van der Waals surface area contributed by atoms with Gasteiger partial charge < -0.3 is 14.8 Å². The summed E-state index contributed by atoms with van der Waals surface area (Å²) in [4.78, 5) is 2.55. The summed E-state index contributed by atoms with van der Waals surface area (Å²) in [6.45, 7) is 3.32. The van der Waals surface area contributed by atoms with Gasteiger partial charge >= 0.3 is 0 Å². The number of aromatic amines is 1. The lowest BCUT2D eigenvalue weighted by molar-refractivity contribution is 0.269. The van der Waals surface area contributed by atoms with Gasteiger partial charge in [0.25, 0.3) is 0 Å². The summed E-state index contributed by atoms with van der Waals surface area (Å²) in [5, 5.41) is 8.61. The van der Waals surface area contributed by atoms with Crippen LogP contribution in [0.25, 0.3) is 0 Å². The van der Waals surface area contributed by atoms with Crippen LogP contribution in [0.15, 0.2) is 18.9 Å². The quantitative estimate of drug-likeness (QED) is 0.669. The van der Waals surface area contributed by atoms with Gasteiger partial charge in [0.15, 0.2) is 11.6 Å².